The molecular formula is C19H26ClN3O2. The summed E-state index contributed by atoms with van der Waals surface area (Å²) in [5.41, 5.74) is 1.04. The van der Waals surface area contributed by atoms with Crippen molar-refractivity contribution >= 4 is 29.1 Å². The molecule has 0 aliphatic carbocycles. The lowest BCUT2D eigenvalue weighted by Gasteiger charge is -2.40. The lowest BCUT2D eigenvalue weighted by molar-refractivity contribution is -0.141. The summed E-state index contributed by atoms with van der Waals surface area (Å²) in [5, 5.41) is 0.753. The van der Waals surface area contributed by atoms with E-state index < -0.39 is 0 Å². The summed E-state index contributed by atoms with van der Waals surface area (Å²) < 4.78 is 0. The van der Waals surface area contributed by atoms with Crippen molar-refractivity contribution in [3.8, 4) is 0 Å². The topological polar surface area (TPSA) is 43.9 Å². The number of para-hydroxylation sites is 1. The average molecular weight is 364 g/mol. The van der Waals surface area contributed by atoms with Crippen molar-refractivity contribution in [3.63, 3.8) is 0 Å². The number of piperidine rings is 1. The van der Waals surface area contributed by atoms with Crippen LogP contribution in [0.15, 0.2) is 24.3 Å². The quantitative estimate of drug-likeness (QED) is 0.829. The molecule has 2 amide bonds. The molecule has 5 nitrogen and oxygen atoms in total. The fourth-order valence-electron chi connectivity index (χ4n) is 3.76. The second kappa shape index (κ2) is 8.09. The molecule has 1 aromatic rings. The van der Waals surface area contributed by atoms with Gasteiger partial charge in [-0.1, -0.05) is 30.7 Å². The van der Waals surface area contributed by atoms with Crippen molar-refractivity contribution in [2.75, 3.05) is 44.2 Å². The summed E-state index contributed by atoms with van der Waals surface area (Å²) in [6.07, 6.45) is 2.32. The van der Waals surface area contributed by atoms with E-state index in [4.69, 9.17) is 11.6 Å². The summed E-state index contributed by atoms with van der Waals surface area (Å²) in [7, 11) is 0. The van der Waals surface area contributed by atoms with Crippen molar-refractivity contribution in [3.05, 3.63) is 29.3 Å². The molecule has 1 aromatic carbocycles. The molecule has 2 aliphatic heterocycles. The van der Waals surface area contributed by atoms with Crippen LogP contribution in [0.5, 0.6) is 0 Å². The first kappa shape index (κ1) is 18.1. The monoisotopic (exact) mass is 363 g/mol. The number of hydrogen-bond donors (Lipinski definition) is 0. The first-order valence-corrected chi connectivity index (χ1v) is 9.54. The number of likely N-dealkylation sites (tertiary alicyclic amines) is 1. The van der Waals surface area contributed by atoms with E-state index in [0.29, 0.717) is 26.1 Å². The van der Waals surface area contributed by atoms with E-state index in [-0.39, 0.29) is 17.7 Å². The highest BCUT2D eigenvalue weighted by Crippen LogP contribution is 2.27. The van der Waals surface area contributed by atoms with E-state index in [1.165, 1.54) is 0 Å². The molecule has 0 N–H and O–H groups in total. The van der Waals surface area contributed by atoms with Crippen molar-refractivity contribution in [2.45, 2.75) is 26.2 Å². The van der Waals surface area contributed by atoms with E-state index >= 15 is 0 Å². The van der Waals surface area contributed by atoms with Crippen LogP contribution >= 0.6 is 11.6 Å². The molecule has 1 unspecified atom stereocenters. The zero-order valence-electron chi connectivity index (χ0n) is 14.8. The summed E-state index contributed by atoms with van der Waals surface area (Å²) in [6.45, 7) is 6.25. The first-order chi connectivity index (χ1) is 12.1. The Morgan fingerprint density at radius 2 is 1.80 bits per heavy atom. The van der Waals surface area contributed by atoms with Crippen LogP contribution in [0.3, 0.4) is 0 Å². The van der Waals surface area contributed by atoms with Gasteiger partial charge in [0.15, 0.2) is 0 Å². The van der Waals surface area contributed by atoms with Gasteiger partial charge in [0.05, 0.1) is 16.6 Å². The smallest absolute Gasteiger partial charge is 0.227 e. The zero-order valence-corrected chi connectivity index (χ0v) is 15.5. The molecule has 2 heterocycles. The molecule has 25 heavy (non-hydrogen) atoms. The Bertz CT molecular complexity index is 629. The fourth-order valence-corrected chi connectivity index (χ4v) is 4.02. The average Bonchev–Trinajstić information content (AvgIpc) is 2.67. The number of nitrogens with zero attached hydrogens (tertiary/aromatic N) is 3. The van der Waals surface area contributed by atoms with Gasteiger partial charge in [0.25, 0.3) is 0 Å². The van der Waals surface area contributed by atoms with Crippen LogP contribution in [0.2, 0.25) is 5.02 Å². The molecule has 2 fully saturated rings. The summed E-state index contributed by atoms with van der Waals surface area (Å²) >= 11 is 6.28. The maximum atomic E-state index is 12.9. The molecule has 0 spiro atoms. The van der Waals surface area contributed by atoms with Crippen molar-refractivity contribution in [2.24, 2.45) is 5.92 Å². The summed E-state index contributed by atoms with van der Waals surface area (Å²) in [6, 6.07) is 7.84. The van der Waals surface area contributed by atoms with Gasteiger partial charge in [-0.15, -0.1) is 0 Å². The molecule has 2 aliphatic rings. The minimum absolute atomic E-state index is 0.0453. The number of hydrogen-bond acceptors (Lipinski definition) is 3. The molecule has 0 saturated carbocycles. The third-order valence-corrected chi connectivity index (χ3v) is 5.53. The number of piperazine rings is 1. The number of halogens is 1. The summed E-state index contributed by atoms with van der Waals surface area (Å²) in [4.78, 5) is 30.8. The van der Waals surface area contributed by atoms with Crippen molar-refractivity contribution in [1.82, 2.24) is 9.80 Å². The number of amides is 2. The molecule has 3 rings (SSSR count). The Morgan fingerprint density at radius 3 is 2.48 bits per heavy atom. The predicted octanol–water partition coefficient (Wildman–Crippen LogP) is 2.64. The van der Waals surface area contributed by atoms with Gasteiger partial charge in [0.2, 0.25) is 11.8 Å². The van der Waals surface area contributed by atoms with Crippen LogP contribution in [-0.4, -0.2) is 60.9 Å². The second-order valence-corrected chi connectivity index (χ2v) is 7.20. The SMILES string of the molecule is CCC(=O)N1CCCC(C(=O)N2CCN(c3ccccc3Cl)CC2)C1. The molecule has 1 atom stereocenters. The lowest BCUT2D eigenvalue weighted by atomic mass is 9.96. The normalized spacial score (nSPS) is 21.4. The minimum atomic E-state index is -0.0453. The van der Waals surface area contributed by atoms with Crippen molar-refractivity contribution < 1.29 is 9.59 Å². The highest BCUT2D eigenvalue weighted by atomic mass is 35.5. The lowest BCUT2D eigenvalue weighted by Crippen LogP contribution is -2.53. The van der Waals surface area contributed by atoms with E-state index in [1.54, 1.807) is 0 Å². The maximum absolute atomic E-state index is 12.9. The minimum Gasteiger partial charge on any atom is -0.367 e. The molecule has 0 radical (unpaired) electrons. The third kappa shape index (κ3) is 4.09. The van der Waals surface area contributed by atoms with Gasteiger partial charge in [0, 0.05) is 45.7 Å². The number of carbonyl (C=O) groups excluding carboxylic acids is 2. The zero-order chi connectivity index (χ0) is 17.8. The number of carbonyl (C=O) groups is 2. The Kier molecular flexibility index (Phi) is 5.84. The van der Waals surface area contributed by atoms with E-state index in [9.17, 15) is 9.59 Å². The van der Waals surface area contributed by atoms with Crippen LogP contribution < -0.4 is 4.90 Å². The third-order valence-electron chi connectivity index (χ3n) is 5.21. The van der Waals surface area contributed by atoms with Crippen molar-refractivity contribution in [1.29, 1.82) is 0 Å². The predicted molar refractivity (Wildman–Crippen MR) is 99.8 cm³/mol. The Balaban J connectivity index is 1.56. The molecular weight excluding hydrogens is 338 g/mol. The maximum Gasteiger partial charge on any atom is 0.227 e. The standard InChI is InChI=1S/C19H26ClN3O2/c1-2-18(24)23-9-5-6-15(14-23)19(25)22-12-10-21(11-13-22)17-8-4-3-7-16(17)20/h3-4,7-8,15H,2,5-6,9-14H2,1H3. The van der Waals surface area contributed by atoms with Gasteiger partial charge in [0.1, 0.15) is 0 Å². The van der Waals surface area contributed by atoms with E-state index in [1.807, 2.05) is 41.0 Å². The largest absolute Gasteiger partial charge is 0.367 e. The van der Waals surface area contributed by atoms with Gasteiger partial charge >= 0.3 is 0 Å². The number of benzene rings is 1. The van der Waals surface area contributed by atoms with Gasteiger partial charge in [-0.25, -0.2) is 0 Å². The van der Waals surface area contributed by atoms with Gasteiger partial charge in [-0.2, -0.15) is 0 Å². The highest BCUT2D eigenvalue weighted by Gasteiger charge is 2.32. The van der Waals surface area contributed by atoms with Crippen LogP contribution in [0.25, 0.3) is 0 Å². The van der Waals surface area contributed by atoms with Crippen LogP contribution in [0.4, 0.5) is 5.69 Å². The van der Waals surface area contributed by atoms with Crippen LogP contribution in [0.1, 0.15) is 26.2 Å². The molecule has 136 valence electrons. The fraction of sp³-hybridized carbons (Fsp3) is 0.579. The van der Waals surface area contributed by atoms with Gasteiger partial charge in [-0.3, -0.25) is 9.59 Å². The van der Waals surface area contributed by atoms with Crippen LogP contribution in [-0.2, 0) is 9.59 Å². The van der Waals surface area contributed by atoms with E-state index in [0.717, 1.165) is 43.2 Å². The van der Waals surface area contributed by atoms with Gasteiger partial charge < -0.3 is 14.7 Å². The van der Waals surface area contributed by atoms with Crippen LogP contribution in [0, 0.1) is 5.92 Å². The van der Waals surface area contributed by atoms with E-state index in [2.05, 4.69) is 4.90 Å². The Morgan fingerprint density at radius 1 is 1.08 bits per heavy atom. The molecule has 6 heteroatoms. The number of anilines is 1. The second-order valence-electron chi connectivity index (χ2n) is 6.80. The Hall–Kier alpha value is -1.75. The number of rotatable bonds is 3. The molecule has 2 saturated heterocycles. The highest BCUT2D eigenvalue weighted by molar-refractivity contribution is 6.33. The first-order valence-electron chi connectivity index (χ1n) is 9.16. The molecule has 0 aromatic heterocycles. The summed E-state index contributed by atoms with van der Waals surface area (Å²) in [5.74, 6) is 0.310. The molecule has 0 bridgehead atoms. The Labute approximate surface area is 154 Å². The van der Waals surface area contributed by atoms with Gasteiger partial charge in [-0.05, 0) is 25.0 Å².